The average Bonchev–Trinajstić information content (AvgIpc) is 2.20. The Morgan fingerprint density at radius 3 is 2.33 bits per heavy atom. The quantitative estimate of drug-likeness (QED) is 0.700. The van der Waals surface area contributed by atoms with Gasteiger partial charge in [-0.1, -0.05) is 6.92 Å². The standard InChI is InChI=1S/C11H20F2N2/c1-7(11(12)13)10(15)6-8-2-4-9(14)5-3-8/h7-9,11,15H,2-6,14H2,1H3. The van der Waals surface area contributed by atoms with Crippen LogP contribution in [0.25, 0.3) is 0 Å². The Hall–Kier alpha value is -0.510. The molecular formula is C11H20F2N2. The molecule has 0 aromatic heterocycles. The van der Waals surface area contributed by atoms with Crippen LogP contribution in [0.3, 0.4) is 0 Å². The molecule has 15 heavy (non-hydrogen) atoms. The molecule has 1 atom stereocenters. The molecule has 1 rings (SSSR count). The SMILES string of the molecule is CC(C(=N)CC1CCC(N)CC1)C(F)F. The summed E-state index contributed by atoms with van der Waals surface area (Å²) in [5.41, 5.74) is 5.96. The summed E-state index contributed by atoms with van der Waals surface area (Å²) in [6, 6.07) is 0.281. The zero-order valence-electron chi connectivity index (χ0n) is 9.18. The van der Waals surface area contributed by atoms with E-state index in [1.165, 1.54) is 6.92 Å². The fraction of sp³-hybridized carbons (Fsp3) is 0.909. The van der Waals surface area contributed by atoms with Gasteiger partial charge in [-0.15, -0.1) is 0 Å². The van der Waals surface area contributed by atoms with E-state index in [2.05, 4.69) is 0 Å². The molecule has 1 unspecified atom stereocenters. The van der Waals surface area contributed by atoms with E-state index in [4.69, 9.17) is 11.1 Å². The van der Waals surface area contributed by atoms with Crippen molar-refractivity contribution < 1.29 is 8.78 Å². The summed E-state index contributed by atoms with van der Waals surface area (Å²) in [6.07, 6.45) is 2.04. The summed E-state index contributed by atoms with van der Waals surface area (Å²) < 4.78 is 24.7. The van der Waals surface area contributed by atoms with Crippen molar-refractivity contribution in [1.82, 2.24) is 0 Å². The van der Waals surface area contributed by atoms with E-state index in [-0.39, 0.29) is 11.8 Å². The van der Waals surface area contributed by atoms with Crippen molar-refractivity contribution in [3.8, 4) is 0 Å². The Bertz CT molecular complexity index is 211. The van der Waals surface area contributed by atoms with Gasteiger partial charge in [0.1, 0.15) is 0 Å². The first-order valence-corrected chi connectivity index (χ1v) is 5.61. The van der Waals surface area contributed by atoms with Gasteiger partial charge in [0.25, 0.3) is 0 Å². The van der Waals surface area contributed by atoms with E-state index < -0.39 is 12.3 Å². The molecule has 0 saturated heterocycles. The molecule has 0 spiro atoms. The second-order valence-electron chi connectivity index (χ2n) is 4.63. The van der Waals surface area contributed by atoms with Gasteiger partial charge in [-0.05, 0) is 38.0 Å². The second kappa shape index (κ2) is 5.54. The Kier molecular flexibility index (Phi) is 4.64. The first-order chi connectivity index (χ1) is 7.00. The van der Waals surface area contributed by atoms with Gasteiger partial charge in [-0.3, -0.25) is 0 Å². The van der Waals surface area contributed by atoms with Crippen LogP contribution in [0.2, 0.25) is 0 Å². The maximum Gasteiger partial charge on any atom is 0.246 e. The molecule has 1 aliphatic carbocycles. The minimum atomic E-state index is -2.40. The van der Waals surface area contributed by atoms with E-state index in [1.54, 1.807) is 0 Å². The fourth-order valence-corrected chi connectivity index (χ4v) is 2.04. The molecule has 0 bridgehead atoms. The summed E-state index contributed by atoms with van der Waals surface area (Å²) in [5.74, 6) is -0.487. The van der Waals surface area contributed by atoms with Gasteiger partial charge in [-0.25, -0.2) is 8.78 Å². The lowest BCUT2D eigenvalue weighted by molar-refractivity contribution is 0.114. The van der Waals surface area contributed by atoms with Crippen LogP contribution < -0.4 is 5.73 Å². The van der Waals surface area contributed by atoms with Crippen molar-refractivity contribution >= 4 is 5.71 Å². The first-order valence-electron chi connectivity index (χ1n) is 5.61. The van der Waals surface area contributed by atoms with Crippen LogP contribution in [0.1, 0.15) is 39.0 Å². The smallest absolute Gasteiger partial charge is 0.246 e. The Morgan fingerprint density at radius 1 is 1.33 bits per heavy atom. The highest BCUT2D eigenvalue weighted by Gasteiger charge is 2.24. The summed E-state index contributed by atoms with van der Waals surface area (Å²) in [6.45, 7) is 1.43. The monoisotopic (exact) mass is 218 g/mol. The number of nitrogens with two attached hydrogens (primary N) is 1. The molecule has 2 nitrogen and oxygen atoms in total. The predicted molar refractivity (Wildman–Crippen MR) is 57.4 cm³/mol. The highest BCUT2D eigenvalue weighted by Crippen LogP contribution is 2.27. The minimum Gasteiger partial charge on any atom is -0.328 e. The molecule has 3 N–H and O–H groups in total. The van der Waals surface area contributed by atoms with Crippen molar-refractivity contribution in [2.45, 2.75) is 51.5 Å². The summed E-state index contributed by atoms with van der Waals surface area (Å²) in [4.78, 5) is 0. The number of hydrogen-bond donors (Lipinski definition) is 2. The second-order valence-corrected chi connectivity index (χ2v) is 4.63. The van der Waals surface area contributed by atoms with E-state index in [9.17, 15) is 8.78 Å². The van der Waals surface area contributed by atoms with Crippen LogP contribution in [0, 0.1) is 17.2 Å². The predicted octanol–water partition coefficient (Wildman–Crippen LogP) is 2.81. The van der Waals surface area contributed by atoms with Crippen LogP contribution >= 0.6 is 0 Å². The van der Waals surface area contributed by atoms with Gasteiger partial charge < -0.3 is 11.1 Å². The molecule has 0 aromatic rings. The van der Waals surface area contributed by atoms with Crippen molar-refractivity contribution in [3.63, 3.8) is 0 Å². The average molecular weight is 218 g/mol. The summed E-state index contributed by atoms with van der Waals surface area (Å²) in [5, 5.41) is 7.60. The van der Waals surface area contributed by atoms with Crippen molar-refractivity contribution in [2.75, 3.05) is 0 Å². The lowest BCUT2D eigenvalue weighted by Crippen LogP contribution is -2.29. The van der Waals surface area contributed by atoms with Gasteiger partial charge in [0, 0.05) is 11.8 Å². The summed E-state index contributed by atoms with van der Waals surface area (Å²) in [7, 11) is 0. The zero-order chi connectivity index (χ0) is 11.4. The van der Waals surface area contributed by atoms with Gasteiger partial charge in [0.05, 0.1) is 5.92 Å². The van der Waals surface area contributed by atoms with Gasteiger partial charge in [0.2, 0.25) is 6.43 Å². The van der Waals surface area contributed by atoms with Crippen molar-refractivity contribution in [1.29, 1.82) is 5.41 Å². The number of nitrogens with one attached hydrogen (secondary N) is 1. The molecule has 0 heterocycles. The molecule has 88 valence electrons. The van der Waals surface area contributed by atoms with Crippen LogP contribution in [0.15, 0.2) is 0 Å². The zero-order valence-corrected chi connectivity index (χ0v) is 9.18. The van der Waals surface area contributed by atoms with Gasteiger partial charge in [-0.2, -0.15) is 0 Å². The topological polar surface area (TPSA) is 49.9 Å². The number of hydrogen-bond acceptors (Lipinski definition) is 2. The lowest BCUT2D eigenvalue weighted by atomic mass is 9.82. The Morgan fingerprint density at radius 2 is 1.87 bits per heavy atom. The molecular weight excluding hydrogens is 198 g/mol. The Balaban J connectivity index is 2.32. The maximum atomic E-state index is 12.3. The number of rotatable bonds is 4. The summed E-state index contributed by atoms with van der Waals surface area (Å²) >= 11 is 0. The van der Waals surface area contributed by atoms with Gasteiger partial charge >= 0.3 is 0 Å². The first kappa shape index (κ1) is 12.6. The maximum absolute atomic E-state index is 12.3. The van der Waals surface area contributed by atoms with E-state index in [1.807, 2.05) is 0 Å². The van der Waals surface area contributed by atoms with E-state index in [0.29, 0.717) is 12.3 Å². The van der Waals surface area contributed by atoms with Crippen molar-refractivity contribution in [2.24, 2.45) is 17.6 Å². The minimum absolute atomic E-state index is 0.200. The lowest BCUT2D eigenvalue weighted by Gasteiger charge is -2.27. The number of halogens is 2. The van der Waals surface area contributed by atoms with Crippen molar-refractivity contribution in [3.05, 3.63) is 0 Å². The Labute approximate surface area is 89.7 Å². The molecule has 1 saturated carbocycles. The fourth-order valence-electron chi connectivity index (χ4n) is 2.04. The molecule has 0 amide bonds. The molecule has 0 aliphatic heterocycles. The molecule has 4 heteroatoms. The third kappa shape index (κ3) is 3.86. The van der Waals surface area contributed by atoms with E-state index >= 15 is 0 Å². The molecule has 0 radical (unpaired) electrons. The number of alkyl halides is 2. The molecule has 1 aliphatic rings. The van der Waals surface area contributed by atoms with Crippen LogP contribution in [0.4, 0.5) is 8.78 Å². The normalized spacial score (nSPS) is 29.1. The van der Waals surface area contributed by atoms with E-state index in [0.717, 1.165) is 25.7 Å². The van der Waals surface area contributed by atoms with Crippen LogP contribution in [-0.4, -0.2) is 18.2 Å². The third-order valence-electron chi connectivity index (χ3n) is 3.33. The third-order valence-corrected chi connectivity index (χ3v) is 3.33. The largest absolute Gasteiger partial charge is 0.328 e. The van der Waals surface area contributed by atoms with Gasteiger partial charge in [0.15, 0.2) is 0 Å². The molecule has 0 aromatic carbocycles. The highest BCUT2D eigenvalue weighted by molar-refractivity contribution is 5.84. The van der Waals surface area contributed by atoms with Crippen LogP contribution in [-0.2, 0) is 0 Å². The molecule has 1 fully saturated rings. The highest BCUT2D eigenvalue weighted by atomic mass is 19.3. The van der Waals surface area contributed by atoms with Crippen LogP contribution in [0.5, 0.6) is 0 Å².